The summed E-state index contributed by atoms with van der Waals surface area (Å²) in [6.07, 6.45) is 5.50. The lowest BCUT2D eigenvalue weighted by atomic mass is 9.82. The van der Waals surface area contributed by atoms with Gasteiger partial charge in [-0.15, -0.1) is 0 Å². The van der Waals surface area contributed by atoms with Crippen molar-refractivity contribution in [3.63, 3.8) is 0 Å². The topological polar surface area (TPSA) is 0 Å². The molecule has 80 valence electrons. The molecule has 0 rings (SSSR count). The molecule has 0 heterocycles. The van der Waals surface area contributed by atoms with Crippen LogP contribution in [0, 0.1) is 17.3 Å². The van der Waals surface area contributed by atoms with E-state index in [1.165, 1.54) is 25.7 Å². The number of hydrogen-bond acceptors (Lipinski definition) is 0. The Balaban J connectivity index is 3.56. The lowest BCUT2D eigenvalue weighted by molar-refractivity contribution is 0.284. The van der Waals surface area contributed by atoms with Crippen LogP contribution in [0.3, 0.4) is 0 Å². The van der Waals surface area contributed by atoms with Gasteiger partial charge in [0, 0.05) is 0 Å². The van der Waals surface area contributed by atoms with Crippen LogP contribution in [0.15, 0.2) is 0 Å². The second kappa shape index (κ2) is 5.67. The van der Waals surface area contributed by atoms with E-state index >= 15 is 0 Å². The first-order valence-corrected chi connectivity index (χ1v) is 5.89. The maximum atomic E-state index is 2.38. The van der Waals surface area contributed by atoms with Crippen molar-refractivity contribution in [2.45, 2.75) is 67.2 Å². The summed E-state index contributed by atoms with van der Waals surface area (Å²) in [6, 6.07) is 0. The van der Waals surface area contributed by atoms with E-state index in [-0.39, 0.29) is 0 Å². The fraction of sp³-hybridized carbons (Fsp3) is 1.00. The first kappa shape index (κ1) is 13.0. The van der Waals surface area contributed by atoms with Crippen molar-refractivity contribution in [1.82, 2.24) is 0 Å². The van der Waals surface area contributed by atoms with Crippen LogP contribution in [0.1, 0.15) is 67.2 Å². The zero-order chi connectivity index (χ0) is 10.5. The molecule has 0 aromatic rings. The van der Waals surface area contributed by atoms with Crippen LogP contribution in [0.5, 0.6) is 0 Å². The smallest absolute Gasteiger partial charge is 0.0357 e. The minimum atomic E-state index is 0.566. The Morgan fingerprint density at radius 2 is 1.62 bits per heavy atom. The molecule has 0 radical (unpaired) electrons. The van der Waals surface area contributed by atoms with Gasteiger partial charge < -0.3 is 0 Å². The van der Waals surface area contributed by atoms with E-state index in [1.807, 2.05) is 0 Å². The molecule has 1 unspecified atom stereocenters. The van der Waals surface area contributed by atoms with Crippen molar-refractivity contribution in [1.29, 1.82) is 0 Å². The average Bonchev–Trinajstić information content (AvgIpc) is 2.04. The predicted octanol–water partition coefficient (Wildman–Crippen LogP) is 4.89. The minimum absolute atomic E-state index is 0.566. The Hall–Kier alpha value is 0. The molecule has 0 nitrogen and oxygen atoms in total. The van der Waals surface area contributed by atoms with Crippen molar-refractivity contribution in [3.8, 4) is 0 Å². The van der Waals surface area contributed by atoms with E-state index in [0.29, 0.717) is 5.41 Å². The van der Waals surface area contributed by atoms with Gasteiger partial charge in [0.1, 0.15) is 0 Å². The first-order chi connectivity index (χ1) is 5.89. The van der Waals surface area contributed by atoms with Gasteiger partial charge in [-0.25, -0.2) is 0 Å². The fourth-order valence-corrected chi connectivity index (χ4v) is 1.41. The third-order valence-corrected chi connectivity index (χ3v) is 3.61. The minimum Gasteiger partial charge on any atom is -0.0649 e. The van der Waals surface area contributed by atoms with Crippen molar-refractivity contribution >= 4 is 0 Å². The van der Waals surface area contributed by atoms with Gasteiger partial charge in [-0.1, -0.05) is 60.8 Å². The molecule has 0 saturated heterocycles. The van der Waals surface area contributed by atoms with Gasteiger partial charge in [-0.05, 0) is 23.7 Å². The van der Waals surface area contributed by atoms with Crippen molar-refractivity contribution in [2.24, 2.45) is 17.3 Å². The highest BCUT2D eigenvalue weighted by Crippen LogP contribution is 2.28. The van der Waals surface area contributed by atoms with Gasteiger partial charge in [-0.2, -0.15) is 0 Å². The molecule has 0 spiro atoms. The summed E-state index contributed by atoms with van der Waals surface area (Å²) in [7, 11) is 0. The molecule has 0 aliphatic heterocycles. The van der Waals surface area contributed by atoms with E-state index in [1.54, 1.807) is 0 Å². The second-order valence-corrected chi connectivity index (χ2v) is 5.63. The molecular weight excluding hydrogens is 156 g/mol. The van der Waals surface area contributed by atoms with Crippen molar-refractivity contribution in [2.75, 3.05) is 0 Å². The van der Waals surface area contributed by atoms with E-state index in [4.69, 9.17) is 0 Å². The summed E-state index contributed by atoms with van der Waals surface area (Å²) in [4.78, 5) is 0. The maximum absolute atomic E-state index is 2.38. The predicted molar refractivity (Wildman–Crippen MR) is 61.9 cm³/mol. The van der Waals surface area contributed by atoms with Gasteiger partial charge in [-0.3, -0.25) is 0 Å². The molecule has 0 aliphatic rings. The zero-order valence-electron chi connectivity index (χ0n) is 10.5. The summed E-state index contributed by atoms with van der Waals surface area (Å²) < 4.78 is 0. The molecule has 0 heteroatoms. The van der Waals surface area contributed by atoms with E-state index in [0.717, 1.165) is 11.8 Å². The van der Waals surface area contributed by atoms with Gasteiger partial charge in [0.15, 0.2) is 0 Å². The van der Waals surface area contributed by atoms with Crippen LogP contribution in [-0.4, -0.2) is 0 Å². The molecule has 0 amide bonds. The first-order valence-electron chi connectivity index (χ1n) is 5.89. The van der Waals surface area contributed by atoms with Crippen molar-refractivity contribution < 1.29 is 0 Å². The van der Waals surface area contributed by atoms with E-state index in [2.05, 4.69) is 41.5 Å². The molecule has 0 N–H and O–H groups in total. The zero-order valence-corrected chi connectivity index (χ0v) is 10.5. The Morgan fingerprint density at radius 3 is 2.00 bits per heavy atom. The van der Waals surface area contributed by atoms with Gasteiger partial charge in [0.05, 0.1) is 0 Å². The summed E-state index contributed by atoms with van der Waals surface area (Å²) in [5.41, 5.74) is 0.566. The molecule has 0 saturated carbocycles. The second-order valence-electron chi connectivity index (χ2n) is 5.63. The highest BCUT2D eigenvalue weighted by molar-refractivity contribution is 4.67. The van der Waals surface area contributed by atoms with Crippen LogP contribution in [-0.2, 0) is 0 Å². The summed E-state index contributed by atoms with van der Waals surface area (Å²) in [5, 5.41) is 0. The molecule has 0 aliphatic carbocycles. The van der Waals surface area contributed by atoms with Crippen LogP contribution in [0.25, 0.3) is 0 Å². The number of hydrogen-bond donors (Lipinski definition) is 0. The lowest BCUT2D eigenvalue weighted by Crippen LogP contribution is -2.11. The molecule has 0 bridgehead atoms. The fourth-order valence-electron chi connectivity index (χ4n) is 1.41. The number of rotatable bonds is 6. The standard InChI is InChI=1S/C13H28/c1-7-13(5,6)10-8-9-12(4)11(2)3/h11-12H,7-10H2,1-6H3. The summed E-state index contributed by atoms with van der Waals surface area (Å²) in [5.74, 6) is 1.75. The van der Waals surface area contributed by atoms with Crippen LogP contribution < -0.4 is 0 Å². The summed E-state index contributed by atoms with van der Waals surface area (Å²) >= 11 is 0. The lowest BCUT2D eigenvalue weighted by Gasteiger charge is -2.24. The molecule has 1 atom stereocenters. The quantitative estimate of drug-likeness (QED) is 0.551. The average molecular weight is 184 g/mol. The Bertz CT molecular complexity index is 122. The van der Waals surface area contributed by atoms with Gasteiger partial charge >= 0.3 is 0 Å². The highest BCUT2D eigenvalue weighted by Gasteiger charge is 2.15. The molecule has 0 aromatic heterocycles. The van der Waals surface area contributed by atoms with Crippen molar-refractivity contribution in [3.05, 3.63) is 0 Å². The van der Waals surface area contributed by atoms with E-state index < -0.39 is 0 Å². The normalized spacial score (nSPS) is 15.0. The van der Waals surface area contributed by atoms with Crippen LogP contribution >= 0.6 is 0 Å². The highest BCUT2D eigenvalue weighted by atomic mass is 14.2. The monoisotopic (exact) mass is 184 g/mol. The molecule has 0 fully saturated rings. The molecule has 13 heavy (non-hydrogen) atoms. The van der Waals surface area contributed by atoms with Gasteiger partial charge in [0.2, 0.25) is 0 Å². The molecule has 0 aromatic carbocycles. The third-order valence-electron chi connectivity index (χ3n) is 3.61. The van der Waals surface area contributed by atoms with E-state index in [9.17, 15) is 0 Å². The SMILES string of the molecule is CCC(C)(C)CCCC(C)C(C)C. The van der Waals surface area contributed by atoms with Gasteiger partial charge in [0.25, 0.3) is 0 Å². The third kappa shape index (κ3) is 6.12. The maximum Gasteiger partial charge on any atom is -0.0357 e. The largest absolute Gasteiger partial charge is 0.0649 e. The Kier molecular flexibility index (Phi) is 5.67. The Morgan fingerprint density at radius 1 is 1.08 bits per heavy atom. The Labute approximate surface area is 85.1 Å². The van der Waals surface area contributed by atoms with Crippen LogP contribution in [0.4, 0.5) is 0 Å². The summed E-state index contributed by atoms with van der Waals surface area (Å²) in [6.45, 7) is 14.1. The molecular formula is C13H28. The van der Waals surface area contributed by atoms with Crippen LogP contribution in [0.2, 0.25) is 0 Å².